The Hall–Kier alpha value is -0.410. The summed E-state index contributed by atoms with van der Waals surface area (Å²) >= 11 is 0. The average Bonchev–Trinajstić information content (AvgIpc) is 2.66. The topological polar surface area (TPSA) is 162 Å². The lowest BCUT2D eigenvalue weighted by Gasteiger charge is -2.27. The van der Waals surface area contributed by atoms with Gasteiger partial charge >= 0.3 is 15.2 Å². The second-order valence-corrected chi connectivity index (χ2v) is 12.6. The summed E-state index contributed by atoms with van der Waals surface area (Å²) in [5.74, 6) is 0. The van der Waals surface area contributed by atoms with E-state index >= 15 is 0 Å². The summed E-state index contributed by atoms with van der Waals surface area (Å²) in [5.41, 5.74) is 0. The lowest BCUT2D eigenvalue weighted by molar-refractivity contribution is 0.231. The van der Waals surface area contributed by atoms with Crippen LogP contribution in [0.25, 0.3) is 0 Å². The number of nitrogens with zero attached hydrogens (tertiary/aromatic N) is 3. The molecule has 1 saturated heterocycles. The summed E-state index contributed by atoms with van der Waals surface area (Å²) < 4.78 is 35.6. The molecule has 0 aliphatic carbocycles. The van der Waals surface area contributed by atoms with Gasteiger partial charge in [-0.15, -0.1) is 0 Å². The first kappa shape index (κ1) is 24.9. The van der Waals surface area contributed by atoms with Crippen molar-refractivity contribution >= 4 is 27.9 Å². The third kappa shape index (κ3) is 9.51. The zero-order chi connectivity index (χ0) is 21.7. The fourth-order valence-corrected chi connectivity index (χ4v) is 6.38. The van der Waals surface area contributed by atoms with Crippen LogP contribution >= 0.6 is 22.6 Å². The molecule has 1 unspecified atom stereocenters. The lowest BCUT2D eigenvalue weighted by atomic mass is 10.4. The van der Waals surface area contributed by atoms with Gasteiger partial charge in [-0.1, -0.05) is 18.2 Å². The van der Waals surface area contributed by atoms with Crippen LogP contribution in [0.3, 0.4) is 0 Å². The highest BCUT2D eigenvalue weighted by molar-refractivity contribution is 7.66. The van der Waals surface area contributed by atoms with Crippen molar-refractivity contribution in [3.63, 3.8) is 0 Å². The number of rotatable bonds is 7. The van der Waals surface area contributed by atoms with E-state index in [-0.39, 0.29) is 32.5 Å². The highest BCUT2D eigenvalue weighted by atomic mass is 31.2. The molecular formula is C15H28N3O8P3. The maximum atomic E-state index is 12.8. The predicted octanol–water partition coefficient (Wildman–Crippen LogP) is -0.270. The van der Waals surface area contributed by atoms with Crippen LogP contribution < -0.4 is 5.30 Å². The van der Waals surface area contributed by atoms with E-state index in [1.807, 2.05) is 0 Å². The van der Waals surface area contributed by atoms with Gasteiger partial charge in [0.2, 0.25) is 7.37 Å². The Kier molecular flexibility index (Phi) is 8.80. The Balaban J connectivity index is 2.15. The molecule has 11 nitrogen and oxygen atoms in total. The first-order chi connectivity index (χ1) is 13.3. The predicted molar refractivity (Wildman–Crippen MR) is 109 cm³/mol. The quantitative estimate of drug-likeness (QED) is 0.333. The van der Waals surface area contributed by atoms with Crippen LogP contribution in [0.5, 0.6) is 0 Å². The zero-order valence-electron chi connectivity index (χ0n) is 15.9. The fraction of sp³-hybridized carbons (Fsp3) is 0.600. The summed E-state index contributed by atoms with van der Waals surface area (Å²) in [6, 6.07) is 8.21. The molecule has 0 saturated carbocycles. The molecule has 1 heterocycles. The molecule has 1 aromatic carbocycles. The van der Waals surface area contributed by atoms with Gasteiger partial charge in [-0.25, -0.2) is 0 Å². The van der Waals surface area contributed by atoms with Crippen molar-refractivity contribution in [1.82, 2.24) is 14.7 Å². The van der Waals surface area contributed by atoms with Crippen molar-refractivity contribution in [2.24, 2.45) is 0 Å². The molecule has 5 N–H and O–H groups in total. The maximum absolute atomic E-state index is 12.8. The van der Waals surface area contributed by atoms with E-state index in [1.165, 1.54) is 9.80 Å². The van der Waals surface area contributed by atoms with Gasteiger partial charge in [0.25, 0.3) is 0 Å². The molecule has 14 heteroatoms. The number of hydrogen-bond donors (Lipinski definition) is 5. The van der Waals surface area contributed by atoms with Crippen LogP contribution in [0.2, 0.25) is 0 Å². The largest absolute Gasteiger partial charge is 0.340 e. The molecule has 0 radical (unpaired) electrons. The highest BCUT2D eigenvalue weighted by Crippen LogP contribution is 2.40. The summed E-state index contributed by atoms with van der Waals surface area (Å²) in [5, 5.41) is 0.305. The van der Waals surface area contributed by atoms with Gasteiger partial charge < -0.3 is 24.5 Å². The second-order valence-electron chi connectivity index (χ2n) is 7.14. The van der Waals surface area contributed by atoms with Gasteiger partial charge in [-0.05, 0) is 12.1 Å². The van der Waals surface area contributed by atoms with Gasteiger partial charge in [0.05, 0.1) is 6.29 Å². The molecule has 1 atom stereocenters. The summed E-state index contributed by atoms with van der Waals surface area (Å²) in [6.07, 6.45) is -1.13. The third-order valence-corrected chi connectivity index (χ3v) is 7.94. The molecule has 1 fully saturated rings. The molecular weight excluding hydrogens is 443 g/mol. The van der Waals surface area contributed by atoms with Crippen LogP contribution in [0.1, 0.15) is 0 Å². The smallest absolute Gasteiger partial charge is 0.339 e. The van der Waals surface area contributed by atoms with Crippen molar-refractivity contribution in [1.29, 1.82) is 0 Å². The maximum Gasteiger partial charge on any atom is 0.339 e. The van der Waals surface area contributed by atoms with Crippen molar-refractivity contribution in [2.75, 3.05) is 58.1 Å². The Morgan fingerprint density at radius 1 is 0.621 bits per heavy atom. The second kappa shape index (κ2) is 10.3. The molecule has 2 rings (SSSR count). The van der Waals surface area contributed by atoms with E-state index in [0.717, 1.165) is 0 Å². The number of hydrogen-bond acceptors (Lipinski definition) is 6. The number of benzene rings is 1. The highest BCUT2D eigenvalue weighted by Gasteiger charge is 2.29. The van der Waals surface area contributed by atoms with Gasteiger partial charge in [0.15, 0.2) is 0 Å². The minimum atomic E-state index is -4.32. The molecule has 0 aromatic heterocycles. The minimum absolute atomic E-state index is 0.162. The van der Waals surface area contributed by atoms with Crippen molar-refractivity contribution in [2.45, 2.75) is 0 Å². The first-order valence-electron chi connectivity index (χ1n) is 8.98. The van der Waals surface area contributed by atoms with Crippen LogP contribution in [-0.4, -0.2) is 97.3 Å². The van der Waals surface area contributed by atoms with E-state index in [4.69, 9.17) is 0 Å². The third-order valence-electron chi connectivity index (χ3n) is 4.52. The van der Waals surface area contributed by atoms with Crippen LogP contribution in [0.4, 0.5) is 0 Å². The molecule has 166 valence electrons. The summed E-state index contributed by atoms with van der Waals surface area (Å²) in [6.45, 7) is 1.53. The van der Waals surface area contributed by atoms with E-state index in [2.05, 4.69) is 0 Å². The first-order valence-corrected chi connectivity index (χ1v) is 14.4. The summed E-state index contributed by atoms with van der Waals surface area (Å²) in [7, 11) is -12.3. The molecule has 1 aliphatic rings. The van der Waals surface area contributed by atoms with E-state index in [0.29, 0.717) is 18.4 Å². The Morgan fingerprint density at radius 2 is 0.966 bits per heavy atom. The summed E-state index contributed by atoms with van der Waals surface area (Å²) in [4.78, 5) is 52.4. The zero-order valence-corrected chi connectivity index (χ0v) is 18.6. The van der Waals surface area contributed by atoms with E-state index in [9.17, 15) is 38.2 Å². The van der Waals surface area contributed by atoms with Crippen molar-refractivity contribution < 1.29 is 38.2 Å². The Labute approximate surface area is 169 Å². The van der Waals surface area contributed by atoms with Crippen LogP contribution in [0, 0.1) is 0 Å². The van der Waals surface area contributed by atoms with E-state index < -0.39 is 35.1 Å². The van der Waals surface area contributed by atoms with E-state index in [1.54, 1.807) is 35.2 Å². The monoisotopic (exact) mass is 471 g/mol. The molecule has 0 spiro atoms. The van der Waals surface area contributed by atoms with Crippen molar-refractivity contribution in [3.8, 4) is 0 Å². The van der Waals surface area contributed by atoms with Gasteiger partial charge in [-0.2, -0.15) is 0 Å². The molecule has 0 amide bonds. The molecule has 1 aromatic rings. The van der Waals surface area contributed by atoms with Gasteiger partial charge in [-0.3, -0.25) is 28.4 Å². The SMILES string of the molecule is O=P(O)(O)CN1CCN(CP(=O)(O)O)CCN(CP(=O)(O)c2ccccc2)CC1. The van der Waals surface area contributed by atoms with Gasteiger partial charge in [0.1, 0.15) is 12.6 Å². The van der Waals surface area contributed by atoms with Crippen molar-refractivity contribution in [3.05, 3.63) is 30.3 Å². The standard InChI is InChI=1S/C15H28N3O8P3/c19-27(20,15-4-2-1-3-5-15)12-16-6-8-17(13-28(21,22)23)10-11-18(9-7-16)14-29(24,25)26/h1-5H,6-14H2,(H,19,20)(H2,21,22,23)(H2,24,25,26). The van der Waals surface area contributed by atoms with Crippen LogP contribution in [-0.2, 0) is 13.7 Å². The van der Waals surface area contributed by atoms with Gasteiger partial charge in [0, 0.05) is 44.6 Å². The molecule has 0 bridgehead atoms. The van der Waals surface area contributed by atoms with Crippen LogP contribution in [0.15, 0.2) is 30.3 Å². The lowest BCUT2D eigenvalue weighted by Crippen LogP contribution is -2.37. The normalized spacial score (nSPS) is 21.1. The Morgan fingerprint density at radius 3 is 1.31 bits per heavy atom. The molecule has 1 aliphatic heterocycles. The fourth-order valence-electron chi connectivity index (χ4n) is 3.14. The minimum Gasteiger partial charge on any atom is -0.340 e. The average molecular weight is 471 g/mol. The Bertz CT molecular complexity index is 763. The molecule has 29 heavy (non-hydrogen) atoms.